The fourth-order valence-corrected chi connectivity index (χ4v) is 4.77. The molecular formula is C22H24ClN3O5S. The molecule has 0 unspecified atom stereocenters. The normalized spacial score (nSPS) is 13.8. The topological polar surface area (TPSA) is 116 Å². The Morgan fingerprint density at radius 1 is 1.03 bits per heavy atom. The Morgan fingerprint density at radius 2 is 1.62 bits per heavy atom. The fraction of sp³-hybridized carbons (Fsp3) is 0.273. The van der Waals surface area contributed by atoms with Crippen molar-refractivity contribution in [1.29, 1.82) is 0 Å². The van der Waals surface area contributed by atoms with E-state index in [0.29, 0.717) is 6.42 Å². The lowest BCUT2D eigenvalue weighted by Gasteiger charge is -2.32. The number of phenols is 1. The first-order chi connectivity index (χ1) is 14.9. The number of phenolic OH excluding ortho intramolecular Hbond substituents is 1. The van der Waals surface area contributed by atoms with Crippen LogP contribution in [0.1, 0.15) is 25.8 Å². The fourth-order valence-electron chi connectivity index (χ4n) is 3.29. The molecule has 0 fully saturated rings. The zero-order valence-corrected chi connectivity index (χ0v) is 19.6. The average molecular weight is 478 g/mol. The Kier molecular flexibility index (Phi) is 6.37. The van der Waals surface area contributed by atoms with Gasteiger partial charge >= 0.3 is 0 Å². The zero-order valence-electron chi connectivity index (χ0n) is 18.1. The van der Waals surface area contributed by atoms with Crippen LogP contribution in [-0.4, -0.2) is 31.9 Å². The zero-order chi connectivity index (χ0) is 23.8. The van der Waals surface area contributed by atoms with Crippen LogP contribution in [0.2, 0.25) is 5.02 Å². The van der Waals surface area contributed by atoms with Crippen LogP contribution in [-0.2, 0) is 15.6 Å². The van der Waals surface area contributed by atoms with Gasteiger partial charge in [-0.3, -0.25) is 9.59 Å². The second kappa shape index (κ2) is 8.57. The predicted molar refractivity (Wildman–Crippen MR) is 126 cm³/mol. The van der Waals surface area contributed by atoms with E-state index >= 15 is 0 Å². The standard InChI is InChI=1S/C22H24ClN3O5S/c1-5-22(2,13-9-7-6-8-10-13)25-17-16(19(28)20(17)29)24-15-12-11-14(23)21(18(15)27)32(30,31)26(3)4/h6-12,24-25,27H,5H2,1-4H3/t22-/m0/s1. The Balaban J connectivity index is 2.03. The summed E-state index contributed by atoms with van der Waals surface area (Å²) >= 11 is 6.03. The Labute approximate surface area is 191 Å². The molecule has 0 aliphatic rings. The van der Waals surface area contributed by atoms with Crippen LogP contribution < -0.4 is 21.5 Å². The molecule has 3 aromatic rings. The van der Waals surface area contributed by atoms with Gasteiger partial charge in [0.25, 0.3) is 10.9 Å². The highest BCUT2D eigenvalue weighted by Crippen LogP contribution is 2.40. The second-order valence-electron chi connectivity index (χ2n) is 7.77. The SMILES string of the molecule is CC[C@](C)(Nc1c(Nc2ccc(Cl)c(S(=O)(=O)N(C)C)c2O)c(=O)c1=O)c1ccccc1. The van der Waals surface area contributed by atoms with E-state index in [1.54, 1.807) is 0 Å². The summed E-state index contributed by atoms with van der Waals surface area (Å²) < 4.78 is 26.0. The first-order valence-electron chi connectivity index (χ1n) is 9.82. The van der Waals surface area contributed by atoms with Gasteiger partial charge in [0, 0.05) is 14.1 Å². The van der Waals surface area contributed by atoms with Crippen molar-refractivity contribution in [3.8, 4) is 5.75 Å². The van der Waals surface area contributed by atoms with E-state index in [2.05, 4.69) is 10.6 Å². The Hall–Kier alpha value is -2.88. The highest BCUT2D eigenvalue weighted by atomic mass is 35.5. The summed E-state index contributed by atoms with van der Waals surface area (Å²) in [6.45, 7) is 3.85. The quantitative estimate of drug-likeness (QED) is 0.336. The molecule has 8 nitrogen and oxygen atoms in total. The largest absolute Gasteiger partial charge is 0.504 e. The number of anilines is 3. The number of sulfonamides is 1. The van der Waals surface area contributed by atoms with Gasteiger partial charge in [-0.2, -0.15) is 0 Å². The van der Waals surface area contributed by atoms with Crippen molar-refractivity contribution in [1.82, 2.24) is 4.31 Å². The van der Waals surface area contributed by atoms with Crippen LogP contribution >= 0.6 is 11.6 Å². The number of hydrogen-bond acceptors (Lipinski definition) is 7. The van der Waals surface area contributed by atoms with Gasteiger partial charge in [-0.1, -0.05) is 48.9 Å². The number of nitrogens with one attached hydrogen (secondary N) is 2. The number of nitrogens with zero attached hydrogens (tertiary/aromatic N) is 1. The summed E-state index contributed by atoms with van der Waals surface area (Å²) in [6.07, 6.45) is 0.618. The predicted octanol–water partition coefficient (Wildman–Crippen LogP) is 3.37. The minimum absolute atomic E-state index is 0.0589. The third-order valence-electron chi connectivity index (χ3n) is 5.51. The summed E-state index contributed by atoms with van der Waals surface area (Å²) in [6, 6.07) is 12.1. The van der Waals surface area contributed by atoms with Gasteiger partial charge in [-0.15, -0.1) is 0 Å². The smallest absolute Gasteiger partial charge is 0.253 e. The number of halogens is 1. The maximum atomic E-state index is 12.6. The third-order valence-corrected chi connectivity index (χ3v) is 7.83. The molecule has 0 saturated carbocycles. The van der Waals surface area contributed by atoms with E-state index in [9.17, 15) is 23.1 Å². The first kappa shape index (κ1) is 23.8. The molecule has 3 N–H and O–H groups in total. The van der Waals surface area contributed by atoms with E-state index in [-0.39, 0.29) is 22.1 Å². The maximum absolute atomic E-state index is 12.6. The summed E-state index contributed by atoms with van der Waals surface area (Å²) in [5.74, 6) is -0.647. The average Bonchev–Trinajstić information content (AvgIpc) is 2.77. The van der Waals surface area contributed by atoms with Crippen molar-refractivity contribution >= 4 is 38.7 Å². The number of benzene rings is 2. The van der Waals surface area contributed by atoms with Crippen molar-refractivity contribution in [2.24, 2.45) is 0 Å². The second-order valence-corrected chi connectivity index (χ2v) is 10.3. The van der Waals surface area contributed by atoms with E-state index < -0.39 is 37.1 Å². The Bertz CT molecular complexity index is 1330. The third kappa shape index (κ3) is 3.99. The molecule has 3 aromatic carbocycles. The molecule has 0 aromatic heterocycles. The molecule has 0 aliphatic heterocycles. The van der Waals surface area contributed by atoms with Crippen molar-refractivity contribution in [2.45, 2.75) is 30.7 Å². The number of hydrogen-bond donors (Lipinski definition) is 3. The van der Waals surface area contributed by atoms with Crippen LogP contribution in [0.25, 0.3) is 0 Å². The number of aromatic hydroxyl groups is 1. The highest BCUT2D eigenvalue weighted by molar-refractivity contribution is 7.89. The summed E-state index contributed by atoms with van der Waals surface area (Å²) in [4.78, 5) is 24.2. The molecule has 1 atom stereocenters. The molecular weight excluding hydrogens is 454 g/mol. The summed E-state index contributed by atoms with van der Waals surface area (Å²) in [5.41, 5.74) is -1.24. The van der Waals surface area contributed by atoms with Crippen molar-refractivity contribution in [2.75, 3.05) is 24.7 Å². The minimum atomic E-state index is -4.06. The van der Waals surface area contributed by atoms with Gasteiger partial charge in [0.2, 0.25) is 10.0 Å². The van der Waals surface area contributed by atoms with Crippen LogP contribution in [0.4, 0.5) is 17.1 Å². The number of rotatable bonds is 8. The van der Waals surface area contributed by atoms with Crippen molar-refractivity contribution in [3.05, 3.63) is 73.5 Å². The van der Waals surface area contributed by atoms with Crippen LogP contribution in [0.3, 0.4) is 0 Å². The molecule has 0 bridgehead atoms. The van der Waals surface area contributed by atoms with Gasteiger partial charge in [0.1, 0.15) is 16.3 Å². The monoisotopic (exact) mass is 477 g/mol. The maximum Gasteiger partial charge on any atom is 0.253 e. The molecule has 3 rings (SSSR count). The van der Waals surface area contributed by atoms with Crippen LogP contribution in [0.5, 0.6) is 5.75 Å². The van der Waals surface area contributed by atoms with Crippen LogP contribution in [0, 0.1) is 0 Å². The van der Waals surface area contributed by atoms with Gasteiger partial charge in [0.05, 0.1) is 16.2 Å². The van der Waals surface area contributed by atoms with Gasteiger partial charge in [0.15, 0.2) is 5.75 Å². The Morgan fingerprint density at radius 3 is 2.19 bits per heavy atom. The minimum Gasteiger partial charge on any atom is -0.504 e. The summed E-state index contributed by atoms with van der Waals surface area (Å²) in [7, 11) is -1.45. The van der Waals surface area contributed by atoms with Crippen molar-refractivity contribution < 1.29 is 13.5 Å². The van der Waals surface area contributed by atoms with E-state index in [0.717, 1.165) is 9.87 Å². The van der Waals surface area contributed by atoms with Gasteiger partial charge in [-0.05, 0) is 31.0 Å². The molecule has 170 valence electrons. The molecule has 10 heteroatoms. The van der Waals surface area contributed by atoms with Crippen molar-refractivity contribution in [3.63, 3.8) is 0 Å². The van der Waals surface area contributed by atoms with Gasteiger partial charge < -0.3 is 15.7 Å². The molecule has 0 radical (unpaired) electrons. The van der Waals surface area contributed by atoms with E-state index in [1.165, 1.54) is 26.2 Å². The molecule has 0 heterocycles. The first-order valence-corrected chi connectivity index (χ1v) is 11.6. The lowest BCUT2D eigenvalue weighted by molar-refractivity contribution is 0.455. The highest BCUT2D eigenvalue weighted by Gasteiger charge is 2.32. The molecule has 32 heavy (non-hydrogen) atoms. The van der Waals surface area contributed by atoms with E-state index in [4.69, 9.17) is 11.6 Å². The lowest BCUT2D eigenvalue weighted by Crippen LogP contribution is -2.42. The van der Waals surface area contributed by atoms with Crippen LogP contribution in [0.15, 0.2) is 56.9 Å². The molecule has 0 spiro atoms. The summed E-state index contributed by atoms with van der Waals surface area (Å²) in [5, 5.41) is 16.3. The lowest BCUT2D eigenvalue weighted by atomic mass is 9.88. The van der Waals surface area contributed by atoms with E-state index in [1.807, 2.05) is 44.2 Å². The molecule has 0 saturated heterocycles. The van der Waals surface area contributed by atoms with Gasteiger partial charge in [-0.25, -0.2) is 12.7 Å². The molecule has 0 amide bonds. The molecule has 0 aliphatic carbocycles.